The minimum atomic E-state index is -2.18. The molecule has 8 atom stereocenters. The molecular formula is C65H51Cl2FN8O17. The third-order valence-corrected chi connectivity index (χ3v) is 16.4. The lowest BCUT2D eigenvalue weighted by molar-refractivity contribution is -0.137. The SMILES string of the molecule is N[C@H]1C(=O)N[C@@H]2Cc3ccc(c(Cl)c3)Oc3cc4cc(c3O)Oc3ccc(cc3Cl)[C@@H](O)[C@@H]3NC(=O)[C@H](NC(=O)[C@@H]4NC(=O)[C@@H](NC2=O)c2cc(O)cc(c2)Oc2cc1ccc2O)c1ccc(O)c(c1)-c1c(O)cc(O)cc1[C@@H](C(=O)NCc1ccc(F)cc1)NC3=O. The van der Waals surface area contributed by atoms with Gasteiger partial charge < -0.3 is 92.9 Å². The Morgan fingerprint density at radius 3 is 1.81 bits per heavy atom. The van der Waals surface area contributed by atoms with Gasteiger partial charge in [-0.2, -0.15) is 0 Å². The van der Waals surface area contributed by atoms with E-state index in [1.54, 1.807) is 0 Å². The van der Waals surface area contributed by atoms with E-state index in [0.29, 0.717) is 11.1 Å². The second-order valence-electron chi connectivity index (χ2n) is 22.1. The van der Waals surface area contributed by atoms with Crippen LogP contribution in [0.15, 0.2) is 140 Å². The van der Waals surface area contributed by atoms with Crippen LogP contribution in [0.3, 0.4) is 0 Å². The Balaban J connectivity index is 1.05. The number of aliphatic hydroxyl groups excluding tert-OH is 1. The summed E-state index contributed by atoms with van der Waals surface area (Å²) in [6.07, 6.45) is -2.48. The van der Waals surface area contributed by atoms with E-state index in [0.717, 1.165) is 72.8 Å². The fraction of sp³-hybridized carbons (Fsp3) is 0.154. The third kappa shape index (κ3) is 12.5. The van der Waals surface area contributed by atoms with Crippen molar-refractivity contribution < 1.29 is 87.9 Å². The minimum Gasteiger partial charge on any atom is -0.508 e. The van der Waals surface area contributed by atoms with Gasteiger partial charge in [0.1, 0.15) is 94.5 Å². The second-order valence-corrected chi connectivity index (χ2v) is 22.9. The number of phenolic OH excluding ortho intramolecular Hbond substituents is 6. The first kappa shape index (κ1) is 61.9. The summed E-state index contributed by atoms with van der Waals surface area (Å²) in [4.78, 5) is 106. The summed E-state index contributed by atoms with van der Waals surface area (Å²) in [7, 11) is 0. The van der Waals surface area contributed by atoms with E-state index in [2.05, 4.69) is 37.2 Å². The molecule has 8 aromatic rings. The highest BCUT2D eigenvalue weighted by atomic mass is 35.5. The summed E-state index contributed by atoms with van der Waals surface area (Å²) in [5.74, 6) is -14.6. The standard InChI is InChI=1S/C65H51Cl2FN8O17/c66-39-13-27-3-11-45(39)92-48-20-32-21-49(58(48)83)93-46-12-6-30(18-40(46)67)57(82)56-65(90)75-55(61(86)70-25-26-1-7-33(68)8-2-26)38-23-35(78)24-44(81)50(38)37-17-29(5-9-42(37)79)52(62(87)76-56)73-64(89)54(32)74-63(88)53-31-15-34(77)22-36(16-31)91-47-19-28(4-10-43(47)80)51(69)60(85)71-41(14-27)59(84)72-53/h1-13,15-24,41,51-57,77-83H,14,25,69H2,(H,70,86)(H,71,85)(H,72,84)(H,73,89)(H,74,88)(H,75,90)(H,76,87)/t41-,51-,52-,53+,54-,55+,56+,57-/m1/s1. The van der Waals surface area contributed by atoms with Crippen molar-refractivity contribution in [2.45, 2.75) is 61.4 Å². The zero-order chi connectivity index (χ0) is 65.8. The highest BCUT2D eigenvalue weighted by molar-refractivity contribution is 6.32. The van der Waals surface area contributed by atoms with Gasteiger partial charge in [-0.3, -0.25) is 33.6 Å². The van der Waals surface area contributed by atoms with Crippen LogP contribution in [0.2, 0.25) is 10.0 Å². The Bertz CT molecular complexity index is 4460. The van der Waals surface area contributed by atoms with Crippen LogP contribution in [0.1, 0.15) is 80.8 Å². The Kier molecular flexibility index (Phi) is 16.5. The molecular weight excluding hydrogens is 1250 g/mol. The lowest BCUT2D eigenvalue weighted by atomic mass is 9.89. The number of halogens is 3. The van der Waals surface area contributed by atoms with Gasteiger partial charge in [-0.1, -0.05) is 59.6 Å². The number of carbonyl (C=O) groups excluding carboxylic acids is 7. The molecule has 8 aromatic carbocycles. The molecule has 93 heavy (non-hydrogen) atoms. The molecule has 7 amide bonds. The fourth-order valence-electron chi connectivity index (χ4n) is 11.1. The molecule has 0 saturated heterocycles. The summed E-state index contributed by atoms with van der Waals surface area (Å²) < 4.78 is 32.4. The second kappa shape index (κ2) is 24.8. The molecule has 0 unspecified atom stereocenters. The van der Waals surface area contributed by atoms with Crippen molar-refractivity contribution in [2.24, 2.45) is 5.73 Å². The van der Waals surface area contributed by atoms with Gasteiger partial charge in [0.2, 0.25) is 47.1 Å². The number of carbonyl (C=O) groups is 7. The average molecular weight is 1310 g/mol. The smallest absolute Gasteiger partial charge is 0.248 e. The number of hydrogen-bond donors (Lipinski definition) is 15. The molecule has 28 heteroatoms. The summed E-state index contributed by atoms with van der Waals surface area (Å²) in [5, 5.41) is 98.8. The third-order valence-electron chi connectivity index (χ3n) is 15.8. The van der Waals surface area contributed by atoms with E-state index in [-0.39, 0.29) is 85.0 Å². The quantitative estimate of drug-likeness (QED) is 0.0915. The molecule has 25 nitrogen and oxygen atoms in total. The van der Waals surface area contributed by atoms with E-state index in [9.17, 15) is 54.5 Å². The van der Waals surface area contributed by atoms with Crippen LogP contribution >= 0.6 is 23.2 Å². The number of ether oxygens (including phenoxy) is 3. The van der Waals surface area contributed by atoms with Gasteiger partial charge in [-0.05, 0) is 136 Å². The number of fused-ring (bicyclic) bond motifs is 14. The molecule has 0 spiro atoms. The maximum absolute atomic E-state index is 15.9. The molecule has 0 aromatic heterocycles. The first-order valence-corrected chi connectivity index (χ1v) is 29.0. The number of nitrogens with one attached hydrogen (secondary N) is 7. The average Bonchev–Trinajstić information content (AvgIpc) is 0.818. The monoisotopic (exact) mass is 1300 g/mol. The zero-order valence-electron chi connectivity index (χ0n) is 47.7. The normalized spacial score (nSPS) is 21.1. The Hall–Kier alpha value is -11.3. The lowest BCUT2D eigenvalue weighted by Crippen LogP contribution is -2.55. The van der Waals surface area contributed by atoms with Crippen LogP contribution in [-0.2, 0) is 46.5 Å². The number of aromatic hydroxyl groups is 6. The molecule has 0 fully saturated rings. The van der Waals surface area contributed by atoms with Gasteiger partial charge in [-0.25, -0.2) is 4.39 Å². The zero-order valence-corrected chi connectivity index (χ0v) is 49.2. The number of nitrogens with two attached hydrogens (primary N) is 1. The maximum Gasteiger partial charge on any atom is 0.248 e. The van der Waals surface area contributed by atoms with Crippen molar-refractivity contribution in [3.63, 3.8) is 0 Å². The van der Waals surface area contributed by atoms with Crippen molar-refractivity contribution in [2.75, 3.05) is 0 Å². The van der Waals surface area contributed by atoms with Crippen molar-refractivity contribution in [1.29, 1.82) is 0 Å². The summed E-state index contributed by atoms with van der Waals surface area (Å²) in [6, 6.07) is 13.7. The molecule has 0 aliphatic carbocycles. The number of rotatable bonds is 3. The van der Waals surface area contributed by atoms with E-state index in [1.165, 1.54) is 66.7 Å². The van der Waals surface area contributed by atoms with Crippen LogP contribution < -0.4 is 57.2 Å². The Morgan fingerprint density at radius 1 is 0.527 bits per heavy atom. The predicted octanol–water partition coefficient (Wildman–Crippen LogP) is 6.36. The van der Waals surface area contributed by atoms with E-state index < -0.39 is 147 Å². The van der Waals surface area contributed by atoms with Crippen LogP contribution in [0.4, 0.5) is 4.39 Å². The number of benzene rings is 8. The maximum atomic E-state index is 15.9. The van der Waals surface area contributed by atoms with Gasteiger partial charge in [0.15, 0.2) is 23.0 Å². The number of phenols is 6. The first-order valence-electron chi connectivity index (χ1n) is 28.3. The van der Waals surface area contributed by atoms with Crippen LogP contribution in [-0.4, -0.2) is 89.2 Å². The van der Waals surface area contributed by atoms with Crippen LogP contribution in [0, 0.1) is 5.82 Å². The number of aliphatic hydroxyl groups is 1. The van der Waals surface area contributed by atoms with Crippen LogP contribution in [0.5, 0.6) is 69.0 Å². The van der Waals surface area contributed by atoms with Crippen molar-refractivity contribution >= 4 is 64.6 Å². The summed E-state index contributed by atoms with van der Waals surface area (Å²) in [6.45, 7) is -0.277. The predicted molar refractivity (Wildman–Crippen MR) is 326 cm³/mol. The van der Waals surface area contributed by atoms with Gasteiger partial charge in [-0.15, -0.1) is 0 Å². The molecule has 0 radical (unpaired) electrons. The first-order chi connectivity index (χ1) is 44.4. The molecule has 474 valence electrons. The molecule has 16 N–H and O–H groups in total. The number of hydrogen-bond acceptors (Lipinski definition) is 18. The highest BCUT2D eigenvalue weighted by Crippen LogP contribution is 2.48. The van der Waals surface area contributed by atoms with E-state index in [4.69, 9.17) is 43.1 Å². The van der Waals surface area contributed by atoms with Crippen LogP contribution in [0.25, 0.3) is 11.1 Å². The summed E-state index contributed by atoms with van der Waals surface area (Å²) in [5.41, 5.74) is 5.10. The van der Waals surface area contributed by atoms with E-state index >= 15 is 19.2 Å². The topological polar surface area (TPSA) is 399 Å². The van der Waals surface area contributed by atoms with Crippen molar-refractivity contribution in [3.05, 3.63) is 200 Å². The molecule has 0 saturated carbocycles. The molecule has 6 aliphatic heterocycles. The minimum absolute atomic E-state index is 0.117. The van der Waals surface area contributed by atoms with Gasteiger partial charge in [0, 0.05) is 36.2 Å². The lowest BCUT2D eigenvalue weighted by Gasteiger charge is -2.31. The van der Waals surface area contributed by atoms with Crippen molar-refractivity contribution in [1.82, 2.24) is 37.2 Å². The van der Waals surface area contributed by atoms with Gasteiger partial charge in [0.05, 0.1) is 10.0 Å². The molecule has 17 bridgehead atoms. The molecule has 14 rings (SSSR count). The van der Waals surface area contributed by atoms with Gasteiger partial charge >= 0.3 is 0 Å². The summed E-state index contributed by atoms with van der Waals surface area (Å²) >= 11 is 13.8. The Labute approximate surface area is 534 Å². The molecule has 6 heterocycles. The fourth-order valence-corrected chi connectivity index (χ4v) is 11.6. The van der Waals surface area contributed by atoms with Crippen molar-refractivity contribution in [3.8, 4) is 80.1 Å². The number of amides is 7. The highest BCUT2D eigenvalue weighted by Gasteiger charge is 2.41. The van der Waals surface area contributed by atoms with Gasteiger partial charge in [0.25, 0.3) is 0 Å². The largest absolute Gasteiger partial charge is 0.508 e. The van der Waals surface area contributed by atoms with E-state index in [1.807, 2.05) is 0 Å². The Morgan fingerprint density at radius 2 is 1.12 bits per heavy atom. The molecule has 6 aliphatic rings.